The van der Waals surface area contributed by atoms with E-state index in [2.05, 4.69) is 19.1 Å². The fourth-order valence-corrected chi connectivity index (χ4v) is 1.94. The van der Waals surface area contributed by atoms with Crippen LogP contribution >= 0.6 is 0 Å². The third-order valence-corrected chi connectivity index (χ3v) is 2.99. The number of hydrogen-bond donors (Lipinski definition) is 0. The normalized spacial score (nSPS) is 11.1. The number of carboxylic acids is 1. The van der Waals surface area contributed by atoms with Gasteiger partial charge in [0.15, 0.2) is 0 Å². The molecule has 0 aromatic rings. The first-order valence-corrected chi connectivity index (χ1v) is 7.08. The van der Waals surface area contributed by atoms with Crippen LogP contribution in [0.2, 0.25) is 0 Å². The van der Waals surface area contributed by atoms with E-state index in [-0.39, 0.29) is 6.42 Å². The summed E-state index contributed by atoms with van der Waals surface area (Å²) < 4.78 is 0. The van der Waals surface area contributed by atoms with Crippen LogP contribution in [-0.2, 0) is 4.79 Å². The van der Waals surface area contributed by atoms with Crippen LogP contribution in [0.1, 0.15) is 77.6 Å². The van der Waals surface area contributed by atoms with E-state index in [1.807, 2.05) is 0 Å². The van der Waals surface area contributed by atoms with Gasteiger partial charge in [0, 0.05) is 5.97 Å². The molecule has 0 aromatic carbocycles. The lowest BCUT2D eigenvalue weighted by Crippen LogP contribution is -2.21. The molecule has 0 radical (unpaired) electrons. The van der Waals surface area contributed by atoms with Gasteiger partial charge in [-0.25, -0.2) is 0 Å². The second-order valence-corrected chi connectivity index (χ2v) is 4.66. The van der Waals surface area contributed by atoms with Crippen molar-refractivity contribution in [1.29, 1.82) is 0 Å². The molecule has 2 nitrogen and oxygen atoms in total. The maximum Gasteiger partial charge on any atom is 0.0414 e. The summed E-state index contributed by atoms with van der Waals surface area (Å²) in [5.74, 6) is -0.911. The molecule has 2 heteroatoms. The Morgan fingerprint density at radius 2 is 1.35 bits per heavy atom. The Labute approximate surface area is 106 Å². The van der Waals surface area contributed by atoms with Gasteiger partial charge in [-0.1, -0.05) is 57.1 Å². The molecule has 0 heterocycles. The van der Waals surface area contributed by atoms with Gasteiger partial charge in [0.2, 0.25) is 0 Å². The quantitative estimate of drug-likeness (QED) is 0.385. The number of allylic oxidation sites excluding steroid dienone is 2. The average Bonchev–Trinajstić information content (AvgIpc) is 2.30. The second-order valence-electron chi connectivity index (χ2n) is 4.66. The highest BCUT2D eigenvalue weighted by atomic mass is 16.4. The second kappa shape index (κ2) is 13.3. The molecule has 0 saturated carbocycles. The smallest absolute Gasteiger partial charge is 0.0414 e. The summed E-state index contributed by atoms with van der Waals surface area (Å²) >= 11 is 0. The summed E-state index contributed by atoms with van der Waals surface area (Å²) in [4.78, 5) is 10.2. The Hall–Kier alpha value is -0.790. The van der Waals surface area contributed by atoms with Gasteiger partial charge in [-0.3, -0.25) is 0 Å². The summed E-state index contributed by atoms with van der Waals surface area (Å²) in [6.07, 6.45) is 16.7. The minimum Gasteiger partial charge on any atom is -0.550 e. The van der Waals surface area contributed by atoms with Gasteiger partial charge in [-0.15, -0.1) is 0 Å². The molecule has 0 fully saturated rings. The van der Waals surface area contributed by atoms with Crippen LogP contribution in [0.4, 0.5) is 0 Å². The number of hydrogen-bond acceptors (Lipinski definition) is 2. The molecule has 0 aliphatic carbocycles. The molecule has 0 saturated heterocycles. The zero-order chi connectivity index (χ0) is 12.8. The van der Waals surface area contributed by atoms with Crippen LogP contribution in [0, 0.1) is 0 Å². The van der Waals surface area contributed by atoms with Crippen molar-refractivity contribution in [1.82, 2.24) is 0 Å². The SMILES string of the molecule is C/C=C/CCCCCCCCCCCC(=O)[O-]. The van der Waals surface area contributed by atoms with Crippen molar-refractivity contribution in [3.63, 3.8) is 0 Å². The van der Waals surface area contributed by atoms with Crippen molar-refractivity contribution < 1.29 is 9.90 Å². The van der Waals surface area contributed by atoms with Crippen molar-refractivity contribution in [3.05, 3.63) is 12.2 Å². The Kier molecular flexibility index (Phi) is 12.7. The number of rotatable bonds is 12. The summed E-state index contributed by atoms with van der Waals surface area (Å²) in [7, 11) is 0. The van der Waals surface area contributed by atoms with Gasteiger partial charge in [0.05, 0.1) is 0 Å². The third-order valence-electron chi connectivity index (χ3n) is 2.99. The number of aliphatic carboxylic acids is 1. The largest absolute Gasteiger partial charge is 0.550 e. The van der Waals surface area contributed by atoms with Gasteiger partial charge in [-0.05, 0) is 32.6 Å². The first-order valence-electron chi connectivity index (χ1n) is 7.08. The molecular formula is C15H27O2-. The van der Waals surface area contributed by atoms with E-state index in [0.29, 0.717) is 0 Å². The fraction of sp³-hybridized carbons (Fsp3) is 0.800. The molecule has 0 bridgehead atoms. The first-order chi connectivity index (χ1) is 8.27. The molecule has 0 aliphatic rings. The molecule has 0 aromatic heterocycles. The van der Waals surface area contributed by atoms with Gasteiger partial charge in [0.25, 0.3) is 0 Å². The molecular weight excluding hydrogens is 212 g/mol. The standard InChI is InChI=1S/C15H28O2/c1-2-3-4-5-6-7-8-9-10-11-12-13-14-15(16)17/h2-3H,4-14H2,1H3,(H,16,17)/p-1/b3-2+. The maximum absolute atomic E-state index is 10.2. The van der Waals surface area contributed by atoms with E-state index in [1.165, 1.54) is 51.4 Å². The van der Waals surface area contributed by atoms with E-state index in [0.717, 1.165) is 12.8 Å². The minimum absolute atomic E-state index is 0.227. The van der Waals surface area contributed by atoms with E-state index in [1.54, 1.807) is 0 Å². The zero-order valence-electron chi connectivity index (χ0n) is 11.2. The third kappa shape index (κ3) is 15.2. The molecule has 0 aliphatic heterocycles. The lowest BCUT2D eigenvalue weighted by atomic mass is 10.1. The molecule has 100 valence electrons. The monoisotopic (exact) mass is 239 g/mol. The highest BCUT2D eigenvalue weighted by molar-refractivity contribution is 5.63. The lowest BCUT2D eigenvalue weighted by molar-refractivity contribution is -0.305. The predicted octanol–water partition coefficient (Wildman–Crippen LogP) is 3.60. The van der Waals surface area contributed by atoms with E-state index in [4.69, 9.17) is 0 Å². The van der Waals surface area contributed by atoms with Gasteiger partial charge < -0.3 is 9.90 Å². The molecule has 0 amide bonds. The molecule has 0 spiro atoms. The van der Waals surface area contributed by atoms with Crippen molar-refractivity contribution in [2.24, 2.45) is 0 Å². The number of carbonyl (C=O) groups excluding carboxylic acids is 1. The van der Waals surface area contributed by atoms with Crippen molar-refractivity contribution >= 4 is 5.97 Å². The van der Waals surface area contributed by atoms with Crippen LogP contribution < -0.4 is 5.11 Å². The van der Waals surface area contributed by atoms with Crippen LogP contribution in [0.15, 0.2) is 12.2 Å². The molecule has 0 rings (SSSR count). The van der Waals surface area contributed by atoms with Gasteiger partial charge in [0.1, 0.15) is 0 Å². The average molecular weight is 239 g/mol. The van der Waals surface area contributed by atoms with Crippen LogP contribution in [-0.4, -0.2) is 5.97 Å². The van der Waals surface area contributed by atoms with E-state index < -0.39 is 5.97 Å². The minimum atomic E-state index is -0.911. The summed E-state index contributed by atoms with van der Waals surface area (Å²) in [6.45, 7) is 2.07. The highest BCUT2D eigenvalue weighted by Crippen LogP contribution is 2.11. The van der Waals surface area contributed by atoms with Crippen molar-refractivity contribution in [2.45, 2.75) is 77.6 Å². The molecule has 17 heavy (non-hydrogen) atoms. The van der Waals surface area contributed by atoms with E-state index >= 15 is 0 Å². The summed E-state index contributed by atoms with van der Waals surface area (Å²) in [5.41, 5.74) is 0. The summed E-state index contributed by atoms with van der Waals surface area (Å²) in [6, 6.07) is 0. The maximum atomic E-state index is 10.2. The fourth-order valence-electron chi connectivity index (χ4n) is 1.94. The molecule has 0 unspecified atom stereocenters. The summed E-state index contributed by atoms with van der Waals surface area (Å²) in [5, 5.41) is 10.2. The van der Waals surface area contributed by atoms with Crippen molar-refractivity contribution in [3.8, 4) is 0 Å². The molecule has 0 atom stereocenters. The van der Waals surface area contributed by atoms with Crippen LogP contribution in [0.25, 0.3) is 0 Å². The van der Waals surface area contributed by atoms with Gasteiger partial charge >= 0.3 is 0 Å². The van der Waals surface area contributed by atoms with E-state index in [9.17, 15) is 9.90 Å². The number of carbonyl (C=O) groups is 1. The first kappa shape index (κ1) is 16.2. The highest BCUT2D eigenvalue weighted by Gasteiger charge is 1.93. The van der Waals surface area contributed by atoms with Gasteiger partial charge in [-0.2, -0.15) is 0 Å². The Balaban J connectivity index is 2.96. The number of carboxylic acid groups (broad SMARTS) is 1. The van der Waals surface area contributed by atoms with Crippen LogP contribution in [0.5, 0.6) is 0 Å². The van der Waals surface area contributed by atoms with Crippen molar-refractivity contribution in [2.75, 3.05) is 0 Å². The Bertz CT molecular complexity index is 197. The lowest BCUT2D eigenvalue weighted by Gasteiger charge is -2.03. The Morgan fingerprint density at radius 3 is 1.82 bits per heavy atom. The van der Waals surface area contributed by atoms with Crippen LogP contribution in [0.3, 0.4) is 0 Å². The predicted molar refractivity (Wildman–Crippen MR) is 70.6 cm³/mol. The number of unbranched alkanes of at least 4 members (excludes halogenated alkanes) is 9. The molecule has 0 N–H and O–H groups in total. The Morgan fingerprint density at radius 1 is 0.882 bits per heavy atom. The zero-order valence-corrected chi connectivity index (χ0v) is 11.2. The topological polar surface area (TPSA) is 40.1 Å².